The number of hydrogen-bond donors (Lipinski definition) is 3. The Kier molecular flexibility index (Phi) is 5.44. The fourth-order valence-electron chi connectivity index (χ4n) is 2.09. The van der Waals surface area contributed by atoms with Crippen molar-refractivity contribution in [3.8, 4) is 0 Å². The maximum absolute atomic E-state index is 11.7. The molecule has 1 unspecified atom stereocenters. The largest absolute Gasteiger partial charge is 0.481 e. The molecule has 0 bridgehead atoms. The highest BCUT2D eigenvalue weighted by Crippen LogP contribution is 2.24. The van der Waals surface area contributed by atoms with Crippen LogP contribution in [0.4, 0.5) is 4.79 Å². The third kappa shape index (κ3) is 4.55. The van der Waals surface area contributed by atoms with Gasteiger partial charge in [0.2, 0.25) is 0 Å². The second kappa shape index (κ2) is 6.61. The van der Waals surface area contributed by atoms with Gasteiger partial charge >= 0.3 is 12.0 Å². The molecule has 0 aromatic heterocycles. The molecule has 0 radical (unpaired) electrons. The van der Waals surface area contributed by atoms with Crippen LogP contribution in [-0.2, 0) is 4.79 Å². The van der Waals surface area contributed by atoms with Crippen molar-refractivity contribution in [2.75, 3.05) is 0 Å². The second-order valence-corrected chi connectivity index (χ2v) is 5.54. The molecule has 1 rings (SSSR count). The van der Waals surface area contributed by atoms with E-state index in [0.717, 1.165) is 12.8 Å². The van der Waals surface area contributed by atoms with Gasteiger partial charge in [-0.1, -0.05) is 13.8 Å². The molecule has 1 fully saturated rings. The van der Waals surface area contributed by atoms with Gasteiger partial charge in [0.25, 0.3) is 0 Å². The van der Waals surface area contributed by atoms with Crippen LogP contribution in [0.3, 0.4) is 0 Å². The van der Waals surface area contributed by atoms with E-state index in [1.807, 2.05) is 6.92 Å². The average molecular weight is 256 g/mol. The minimum Gasteiger partial charge on any atom is -0.481 e. The summed E-state index contributed by atoms with van der Waals surface area (Å²) in [5, 5.41) is 14.7. The average Bonchev–Trinajstić information content (AvgIpc) is 2.29. The number of carbonyl (C=O) groups is 2. The van der Waals surface area contributed by atoms with Crippen molar-refractivity contribution in [1.29, 1.82) is 0 Å². The van der Waals surface area contributed by atoms with Crippen LogP contribution >= 0.6 is 0 Å². The van der Waals surface area contributed by atoms with Crippen LogP contribution in [0.5, 0.6) is 0 Å². The summed E-state index contributed by atoms with van der Waals surface area (Å²) >= 11 is 0. The summed E-state index contributed by atoms with van der Waals surface area (Å²) in [5.74, 6) is -0.550. The lowest BCUT2D eigenvalue weighted by Gasteiger charge is -2.28. The predicted octanol–water partition coefficient (Wildman–Crippen LogP) is 1.97. The molecule has 1 aliphatic rings. The summed E-state index contributed by atoms with van der Waals surface area (Å²) in [6.45, 7) is 6.09. The smallest absolute Gasteiger partial charge is 0.315 e. The number of hydrogen-bond acceptors (Lipinski definition) is 2. The van der Waals surface area contributed by atoms with E-state index in [0.29, 0.717) is 18.8 Å². The van der Waals surface area contributed by atoms with Crippen molar-refractivity contribution >= 4 is 12.0 Å². The Hall–Kier alpha value is -1.26. The molecule has 1 saturated carbocycles. The lowest BCUT2D eigenvalue weighted by atomic mass is 9.86. The van der Waals surface area contributed by atoms with Gasteiger partial charge in [-0.2, -0.15) is 0 Å². The van der Waals surface area contributed by atoms with E-state index in [1.54, 1.807) is 0 Å². The number of carboxylic acids is 1. The molecule has 1 atom stereocenters. The van der Waals surface area contributed by atoms with Crippen molar-refractivity contribution < 1.29 is 14.7 Å². The van der Waals surface area contributed by atoms with Crippen LogP contribution in [0.25, 0.3) is 0 Å². The first-order valence-corrected chi connectivity index (χ1v) is 6.70. The third-order valence-corrected chi connectivity index (χ3v) is 3.77. The lowest BCUT2D eigenvalue weighted by Crippen LogP contribution is -2.48. The van der Waals surface area contributed by atoms with Gasteiger partial charge in [-0.25, -0.2) is 4.79 Å². The van der Waals surface area contributed by atoms with Crippen molar-refractivity contribution in [3.63, 3.8) is 0 Å². The Morgan fingerprint density at radius 2 is 1.67 bits per heavy atom. The van der Waals surface area contributed by atoms with E-state index in [2.05, 4.69) is 24.5 Å². The number of aliphatic carboxylic acids is 1. The predicted molar refractivity (Wildman–Crippen MR) is 69.3 cm³/mol. The molecule has 0 aromatic carbocycles. The number of carboxylic acid groups (broad SMARTS) is 1. The van der Waals surface area contributed by atoms with Gasteiger partial charge in [-0.3, -0.25) is 4.79 Å². The summed E-state index contributed by atoms with van der Waals surface area (Å²) in [5.41, 5.74) is 0. The first-order valence-electron chi connectivity index (χ1n) is 6.70. The van der Waals surface area contributed by atoms with Crippen molar-refractivity contribution in [2.24, 2.45) is 11.8 Å². The Balaban J connectivity index is 2.28. The van der Waals surface area contributed by atoms with Crippen molar-refractivity contribution in [3.05, 3.63) is 0 Å². The summed E-state index contributed by atoms with van der Waals surface area (Å²) < 4.78 is 0. The van der Waals surface area contributed by atoms with Crippen LogP contribution in [-0.4, -0.2) is 29.2 Å². The van der Waals surface area contributed by atoms with Crippen molar-refractivity contribution in [2.45, 2.75) is 58.5 Å². The Morgan fingerprint density at radius 1 is 1.11 bits per heavy atom. The quantitative estimate of drug-likeness (QED) is 0.719. The molecule has 0 aliphatic heterocycles. The number of carbonyl (C=O) groups excluding carboxylic acids is 1. The molecular weight excluding hydrogens is 232 g/mol. The minimum absolute atomic E-state index is 0.111. The minimum atomic E-state index is -0.716. The van der Waals surface area contributed by atoms with E-state index in [1.165, 1.54) is 0 Å². The Labute approximate surface area is 108 Å². The van der Waals surface area contributed by atoms with Gasteiger partial charge in [0.15, 0.2) is 0 Å². The fraction of sp³-hybridized carbons (Fsp3) is 0.846. The molecule has 18 heavy (non-hydrogen) atoms. The van der Waals surface area contributed by atoms with E-state index in [4.69, 9.17) is 5.11 Å². The highest BCUT2D eigenvalue weighted by atomic mass is 16.4. The molecule has 0 heterocycles. The molecule has 5 nitrogen and oxygen atoms in total. The van der Waals surface area contributed by atoms with E-state index in [-0.39, 0.29) is 24.0 Å². The summed E-state index contributed by atoms with van der Waals surface area (Å²) in [6, 6.07) is 0.107. The Bertz CT molecular complexity index is 297. The molecule has 104 valence electrons. The fourth-order valence-corrected chi connectivity index (χ4v) is 2.09. The second-order valence-electron chi connectivity index (χ2n) is 5.54. The van der Waals surface area contributed by atoms with Crippen LogP contribution in [0.1, 0.15) is 46.5 Å². The van der Waals surface area contributed by atoms with Gasteiger partial charge in [-0.05, 0) is 38.5 Å². The highest BCUT2D eigenvalue weighted by Gasteiger charge is 2.26. The zero-order valence-electron chi connectivity index (χ0n) is 11.4. The molecular formula is C13H24N2O3. The van der Waals surface area contributed by atoms with Crippen LogP contribution in [0, 0.1) is 11.8 Å². The van der Waals surface area contributed by atoms with Gasteiger partial charge in [0, 0.05) is 12.1 Å². The molecule has 5 heteroatoms. The standard InChI is InChI=1S/C13H24N2O3/c1-8(2)9(3)14-13(18)15-11-6-4-10(5-7-11)12(16)17/h8-11H,4-7H2,1-3H3,(H,16,17)(H2,14,15,18). The molecule has 0 spiro atoms. The first-order chi connectivity index (χ1) is 8.40. The topological polar surface area (TPSA) is 78.4 Å². The lowest BCUT2D eigenvalue weighted by molar-refractivity contribution is -0.142. The maximum atomic E-state index is 11.7. The van der Waals surface area contributed by atoms with Gasteiger partial charge in [0.05, 0.1) is 5.92 Å². The molecule has 0 aromatic rings. The van der Waals surface area contributed by atoms with Crippen LogP contribution in [0.15, 0.2) is 0 Å². The zero-order chi connectivity index (χ0) is 13.7. The van der Waals surface area contributed by atoms with Gasteiger partial charge in [0.1, 0.15) is 0 Å². The molecule has 1 aliphatic carbocycles. The number of urea groups is 1. The maximum Gasteiger partial charge on any atom is 0.315 e. The number of nitrogens with one attached hydrogen (secondary N) is 2. The normalized spacial score (nSPS) is 25.6. The van der Waals surface area contributed by atoms with Crippen LogP contribution < -0.4 is 10.6 Å². The highest BCUT2D eigenvalue weighted by molar-refractivity contribution is 5.74. The first kappa shape index (κ1) is 14.8. The molecule has 0 saturated heterocycles. The van der Waals surface area contributed by atoms with E-state index < -0.39 is 5.97 Å². The van der Waals surface area contributed by atoms with Crippen molar-refractivity contribution in [1.82, 2.24) is 10.6 Å². The van der Waals surface area contributed by atoms with Gasteiger partial charge in [-0.15, -0.1) is 0 Å². The number of amides is 2. The summed E-state index contributed by atoms with van der Waals surface area (Å²) in [6.07, 6.45) is 2.81. The Morgan fingerprint density at radius 3 is 2.11 bits per heavy atom. The third-order valence-electron chi connectivity index (χ3n) is 3.77. The monoisotopic (exact) mass is 256 g/mol. The van der Waals surface area contributed by atoms with E-state index in [9.17, 15) is 9.59 Å². The van der Waals surface area contributed by atoms with E-state index >= 15 is 0 Å². The zero-order valence-corrected chi connectivity index (χ0v) is 11.4. The SMILES string of the molecule is CC(C)C(C)NC(=O)NC1CCC(C(=O)O)CC1. The summed E-state index contributed by atoms with van der Waals surface area (Å²) in [7, 11) is 0. The van der Waals surface area contributed by atoms with Gasteiger partial charge < -0.3 is 15.7 Å². The molecule has 2 amide bonds. The number of rotatable bonds is 4. The summed E-state index contributed by atoms with van der Waals surface area (Å²) in [4.78, 5) is 22.5. The van der Waals surface area contributed by atoms with Crippen LogP contribution in [0.2, 0.25) is 0 Å². The molecule has 3 N–H and O–H groups in total.